The van der Waals surface area contributed by atoms with Gasteiger partial charge in [0.05, 0.1) is 22.6 Å². The van der Waals surface area contributed by atoms with E-state index in [1.54, 1.807) is 6.92 Å². The normalized spacial score (nSPS) is 22.8. The van der Waals surface area contributed by atoms with Crippen molar-refractivity contribution in [1.82, 2.24) is 0 Å². The van der Waals surface area contributed by atoms with Gasteiger partial charge in [-0.2, -0.15) is 0 Å². The van der Waals surface area contributed by atoms with E-state index < -0.39 is 14.9 Å². The first-order valence-electron chi connectivity index (χ1n) is 5.95. The lowest BCUT2D eigenvalue weighted by molar-refractivity contribution is -0.121. The zero-order valence-electron chi connectivity index (χ0n) is 10.6. The molecule has 2 atom stereocenters. The van der Waals surface area contributed by atoms with E-state index in [2.05, 4.69) is 5.32 Å². The van der Waals surface area contributed by atoms with Crippen LogP contribution in [0.25, 0.3) is 0 Å². The molecule has 1 heterocycles. The number of amides is 1. The average molecular weight is 322 g/mol. The largest absolute Gasteiger partial charge is 0.378 e. The van der Waals surface area contributed by atoms with E-state index in [1.165, 1.54) is 6.07 Å². The summed E-state index contributed by atoms with van der Waals surface area (Å²) in [6.07, 6.45) is 0.350. The van der Waals surface area contributed by atoms with Crippen LogP contribution in [0.3, 0.4) is 0 Å². The minimum absolute atomic E-state index is 0.0850. The van der Waals surface area contributed by atoms with E-state index in [1.807, 2.05) is 0 Å². The molecule has 5 nitrogen and oxygen atoms in total. The number of hydrogen-bond acceptors (Lipinski definition) is 4. The third kappa shape index (κ3) is 3.28. The van der Waals surface area contributed by atoms with Crippen molar-refractivity contribution in [3.05, 3.63) is 24.0 Å². The number of rotatable bonds is 3. The fourth-order valence-corrected chi connectivity index (χ4v) is 2.81. The maximum atomic E-state index is 13.8. The maximum Gasteiger partial charge on any atom is 0.261 e. The molecule has 2 unspecified atom stereocenters. The van der Waals surface area contributed by atoms with Gasteiger partial charge in [0.15, 0.2) is 0 Å². The first kappa shape index (κ1) is 15.2. The summed E-state index contributed by atoms with van der Waals surface area (Å²) < 4.78 is 41.2. The topological polar surface area (TPSA) is 72.5 Å². The third-order valence-electron chi connectivity index (χ3n) is 3.19. The molecular weight excluding hydrogens is 309 g/mol. The molecule has 1 aromatic rings. The van der Waals surface area contributed by atoms with Gasteiger partial charge in [-0.05, 0) is 31.5 Å². The highest BCUT2D eigenvalue weighted by Crippen LogP contribution is 2.25. The van der Waals surface area contributed by atoms with Crippen molar-refractivity contribution in [3.8, 4) is 0 Å². The molecule has 1 N–H and O–H groups in total. The van der Waals surface area contributed by atoms with Crippen LogP contribution in [0.1, 0.15) is 13.3 Å². The van der Waals surface area contributed by atoms with Crippen LogP contribution in [0.15, 0.2) is 23.1 Å². The number of ether oxygens (including phenoxy) is 1. The zero-order chi connectivity index (χ0) is 14.9. The van der Waals surface area contributed by atoms with Gasteiger partial charge in [0, 0.05) is 17.3 Å². The third-order valence-corrected chi connectivity index (χ3v) is 4.54. The molecule has 1 aliphatic rings. The Labute approximate surface area is 120 Å². The van der Waals surface area contributed by atoms with E-state index in [0.717, 1.165) is 12.1 Å². The summed E-state index contributed by atoms with van der Waals surface area (Å²) in [6.45, 7) is 2.27. The van der Waals surface area contributed by atoms with Crippen molar-refractivity contribution >= 4 is 31.3 Å². The first-order valence-corrected chi connectivity index (χ1v) is 8.26. The standard InChI is InChI=1S/C12H13ClFNO4S/c1-7-9(4-5-19-7)12(16)15-11-3-2-8(6-10(11)14)20(13,17)18/h2-3,6-7,9H,4-5H2,1H3,(H,15,16). The summed E-state index contributed by atoms with van der Waals surface area (Å²) >= 11 is 0. The second-order valence-corrected chi connectivity index (χ2v) is 7.11. The van der Waals surface area contributed by atoms with Crippen LogP contribution >= 0.6 is 10.7 Å². The monoisotopic (exact) mass is 321 g/mol. The number of benzene rings is 1. The summed E-state index contributed by atoms with van der Waals surface area (Å²) in [5, 5.41) is 2.43. The van der Waals surface area contributed by atoms with Crippen molar-refractivity contribution in [2.24, 2.45) is 5.92 Å². The fraction of sp³-hybridized carbons (Fsp3) is 0.417. The number of nitrogens with one attached hydrogen (secondary N) is 1. The molecule has 1 saturated heterocycles. The van der Waals surface area contributed by atoms with Crippen LogP contribution in [0, 0.1) is 11.7 Å². The lowest BCUT2D eigenvalue weighted by Crippen LogP contribution is -2.28. The molecule has 0 radical (unpaired) electrons. The minimum atomic E-state index is -4.00. The Morgan fingerprint density at radius 1 is 1.50 bits per heavy atom. The molecule has 0 aliphatic carbocycles. The molecule has 1 aromatic carbocycles. The Morgan fingerprint density at radius 2 is 2.20 bits per heavy atom. The Hall–Kier alpha value is -1.18. The predicted molar refractivity (Wildman–Crippen MR) is 71.6 cm³/mol. The number of hydrogen-bond donors (Lipinski definition) is 1. The highest BCUT2D eigenvalue weighted by Gasteiger charge is 2.31. The zero-order valence-corrected chi connectivity index (χ0v) is 12.2. The molecule has 110 valence electrons. The molecule has 0 aromatic heterocycles. The van der Waals surface area contributed by atoms with E-state index >= 15 is 0 Å². The SMILES string of the molecule is CC1OCCC1C(=O)Nc1ccc(S(=O)(=O)Cl)cc1F. The average Bonchev–Trinajstić information content (AvgIpc) is 2.76. The van der Waals surface area contributed by atoms with Crippen LogP contribution in [0.4, 0.5) is 10.1 Å². The van der Waals surface area contributed by atoms with Gasteiger partial charge in [-0.3, -0.25) is 4.79 Å². The van der Waals surface area contributed by atoms with E-state index in [4.69, 9.17) is 15.4 Å². The van der Waals surface area contributed by atoms with Gasteiger partial charge in [0.25, 0.3) is 9.05 Å². The predicted octanol–water partition coefficient (Wildman–Crippen LogP) is 2.12. The van der Waals surface area contributed by atoms with E-state index in [9.17, 15) is 17.6 Å². The molecule has 1 aliphatic heterocycles. The lowest BCUT2D eigenvalue weighted by atomic mass is 10.0. The van der Waals surface area contributed by atoms with Gasteiger partial charge in [0.2, 0.25) is 5.91 Å². The lowest BCUT2D eigenvalue weighted by Gasteiger charge is -2.14. The summed E-state index contributed by atoms with van der Waals surface area (Å²) in [4.78, 5) is 11.6. The first-order chi connectivity index (χ1) is 9.29. The summed E-state index contributed by atoms with van der Waals surface area (Å²) in [7, 11) is 1.12. The molecule has 1 amide bonds. The Balaban J connectivity index is 2.16. The van der Waals surface area contributed by atoms with E-state index in [0.29, 0.717) is 13.0 Å². The smallest absolute Gasteiger partial charge is 0.261 e. The number of carbonyl (C=O) groups excluding carboxylic acids is 1. The van der Waals surface area contributed by atoms with Crippen LogP contribution < -0.4 is 5.32 Å². The van der Waals surface area contributed by atoms with Crippen molar-refractivity contribution in [2.45, 2.75) is 24.3 Å². The van der Waals surface area contributed by atoms with Gasteiger partial charge in [-0.25, -0.2) is 12.8 Å². The van der Waals surface area contributed by atoms with Crippen molar-refractivity contribution in [3.63, 3.8) is 0 Å². The summed E-state index contributed by atoms with van der Waals surface area (Å²) in [5.74, 6) is -1.55. The molecule has 0 saturated carbocycles. The number of carbonyl (C=O) groups is 1. The maximum absolute atomic E-state index is 13.8. The van der Waals surface area contributed by atoms with Gasteiger partial charge in [0.1, 0.15) is 5.82 Å². The summed E-state index contributed by atoms with van der Waals surface area (Å²) in [5.41, 5.74) is -0.0850. The molecule has 2 rings (SSSR count). The molecule has 20 heavy (non-hydrogen) atoms. The minimum Gasteiger partial charge on any atom is -0.378 e. The number of halogens is 2. The van der Waals surface area contributed by atoms with Gasteiger partial charge < -0.3 is 10.1 Å². The summed E-state index contributed by atoms with van der Waals surface area (Å²) in [6, 6.07) is 3.07. The molecule has 0 spiro atoms. The highest BCUT2D eigenvalue weighted by molar-refractivity contribution is 8.13. The molecule has 1 fully saturated rings. The highest BCUT2D eigenvalue weighted by atomic mass is 35.7. The molecular formula is C12H13ClFNO4S. The second kappa shape index (κ2) is 5.67. The van der Waals surface area contributed by atoms with Crippen molar-refractivity contribution in [1.29, 1.82) is 0 Å². The second-order valence-electron chi connectivity index (χ2n) is 4.54. The Bertz CT molecular complexity index is 634. The van der Waals surface area contributed by atoms with Crippen LogP contribution in [0.2, 0.25) is 0 Å². The molecule has 0 bridgehead atoms. The van der Waals surface area contributed by atoms with Gasteiger partial charge >= 0.3 is 0 Å². The quantitative estimate of drug-likeness (QED) is 0.865. The number of anilines is 1. The van der Waals surface area contributed by atoms with E-state index in [-0.39, 0.29) is 28.5 Å². The van der Waals surface area contributed by atoms with Gasteiger partial charge in [-0.15, -0.1) is 0 Å². The Kier molecular flexibility index (Phi) is 4.31. The van der Waals surface area contributed by atoms with Crippen LogP contribution in [0.5, 0.6) is 0 Å². The Morgan fingerprint density at radius 3 is 2.70 bits per heavy atom. The van der Waals surface area contributed by atoms with Gasteiger partial charge in [-0.1, -0.05) is 0 Å². The fourth-order valence-electron chi connectivity index (χ4n) is 2.05. The van der Waals surface area contributed by atoms with Crippen LogP contribution in [-0.4, -0.2) is 27.0 Å². The van der Waals surface area contributed by atoms with Crippen LogP contribution in [-0.2, 0) is 18.6 Å². The van der Waals surface area contributed by atoms with Crippen molar-refractivity contribution in [2.75, 3.05) is 11.9 Å². The molecule has 8 heteroatoms. The van der Waals surface area contributed by atoms with Crippen molar-refractivity contribution < 1.29 is 22.3 Å².